The van der Waals surface area contributed by atoms with Gasteiger partial charge in [0.2, 0.25) is 0 Å². The van der Waals surface area contributed by atoms with Gasteiger partial charge in [-0.2, -0.15) is 0 Å². The molecule has 0 aromatic heterocycles. The number of alkyl halides is 1. The van der Waals surface area contributed by atoms with Crippen LogP contribution < -0.4 is 5.32 Å². The summed E-state index contributed by atoms with van der Waals surface area (Å²) < 4.78 is 23.3. The summed E-state index contributed by atoms with van der Waals surface area (Å²) in [6, 6.07) is 0. The Kier molecular flexibility index (Phi) is 3.58. The van der Waals surface area contributed by atoms with E-state index in [0.717, 1.165) is 7.11 Å². The average molecular weight is 263 g/mol. The smallest absolute Gasteiger partial charge is 0.408 e. The SMILES string of the molecule is COC(=O)C1(NC(=O)OC(C)(C)C)C[C@@]1(F)CO. The Hall–Kier alpha value is -1.37. The van der Waals surface area contributed by atoms with E-state index in [2.05, 4.69) is 10.1 Å². The molecule has 1 aliphatic carbocycles. The third-order valence-corrected chi connectivity index (χ3v) is 2.68. The number of alkyl carbamates (subject to hydrolysis) is 1. The molecular weight excluding hydrogens is 245 g/mol. The van der Waals surface area contributed by atoms with Crippen molar-refractivity contribution in [2.24, 2.45) is 0 Å². The molecule has 0 aromatic carbocycles. The quantitative estimate of drug-likeness (QED) is 0.725. The van der Waals surface area contributed by atoms with Gasteiger partial charge in [-0.25, -0.2) is 14.0 Å². The van der Waals surface area contributed by atoms with Gasteiger partial charge in [0.05, 0.1) is 13.7 Å². The van der Waals surface area contributed by atoms with Crippen LogP contribution in [0.4, 0.5) is 9.18 Å². The van der Waals surface area contributed by atoms with E-state index in [1.807, 2.05) is 0 Å². The molecule has 1 amide bonds. The van der Waals surface area contributed by atoms with Crippen molar-refractivity contribution >= 4 is 12.1 Å². The lowest BCUT2D eigenvalue weighted by Gasteiger charge is -2.23. The Morgan fingerprint density at radius 3 is 2.33 bits per heavy atom. The average Bonchev–Trinajstić information content (AvgIpc) is 2.82. The van der Waals surface area contributed by atoms with Gasteiger partial charge in [-0.15, -0.1) is 0 Å². The lowest BCUT2D eigenvalue weighted by atomic mass is 10.2. The van der Waals surface area contributed by atoms with E-state index >= 15 is 0 Å². The van der Waals surface area contributed by atoms with Crippen molar-refractivity contribution in [3.63, 3.8) is 0 Å². The van der Waals surface area contributed by atoms with E-state index in [1.54, 1.807) is 20.8 Å². The first kappa shape index (κ1) is 14.7. The van der Waals surface area contributed by atoms with Crippen LogP contribution in [0.1, 0.15) is 27.2 Å². The molecule has 0 saturated heterocycles. The Morgan fingerprint density at radius 1 is 1.44 bits per heavy atom. The number of hydrogen-bond acceptors (Lipinski definition) is 5. The molecule has 6 nitrogen and oxygen atoms in total. The maximum atomic E-state index is 14.0. The summed E-state index contributed by atoms with van der Waals surface area (Å²) in [5.74, 6) is -0.940. The van der Waals surface area contributed by atoms with Crippen molar-refractivity contribution in [1.82, 2.24) is 5.32 Å². The van der Waals surface area contributed by atoms with Gasteiger partial charge >= 0.3 is 12.1 Å². The number of aliphatic hydroxyl groups is 1. The number of rotatable bonds is 3. The molecule has 7 heteroatoms. The molecule has 104 valence electrons. The van der Waals surface area contributed by atoms with Crippen LogP contribution in [-0.2, 0) is 14.3 Å². The maximum absolute atomic E-state index is 14.0. The highest BCUT2D eigenvalue weighted by Crippen LogP contribution is 2.51. The number of esters is 1. The molecule has 2 atom stereocenters. The molecule has 1 saturated carbocycles. The van der Waals surface area contributed by atoms with Crippen LogP contribution in [0, 0.1) is 0 Å². The van der Waals surface area contributed by atoms with E-state index in [9.17, 15) is 14.0 Å². The minimum Gasteiger partial charge on any atom is -0.467 e. The molecule has 18 heavy (non-hydrogen) atoms. The number of aliphatic hydroxyl groups excluding tert-OH is 1. The van der Waals surface area contributed by atoms with Crippen LogP contribution in [-0.4, -0.2) is 47.7 Å². The predicted molar refractivity (Wildman–Crippen MR) is 59.7 cm³/mol. The fourth-order valence-corrected chi connectivity index (χ4v) is 1.68. The Morgan fingerprint density at radius 2 is 2.00 bits per heavy atom. The zero-order valence-corrected chi connectivity index (χ0v) is 10.9. The number of nitrogens with one attached hydrogen (secondary N) is 1. The van der Waals surface area contributed by atoms with Crippen molar-refractivity contribution in [2.75, 3.05) is 13.7 Å². The van der Waals surface area contributed by atoms with Crippen LogP contribution in [0.25, 0.3) is 0 Å². The minimum absolute atomic E-state index is 0.331. The van der Waals surface area contributed by atoms with Gasteiger partial charge in [-0.1, -0.05) is 0 Å². The number of carbonyl (C=O) groups excluding carboxylic acids is 2. The number of ether oxygens (including phenoxy) is 2. The van der Waals surface area contributed by atoms with E-state index in [4.69, 9.17) is 9.84 Å². The number of hydrogen-bond donors (Lipinski definition) is 2. The number of carbonyl (C=O) groups is 2. The zero-order chi connectivity index (χ0) is 14.2. The highest BCUT2D eigenvalue weighted by Gasteiger charge is 2.76. The molecule has 0 radical (unpaired) electrons. The van der Waals surface area contributed by atoms with Gasteiger partial charge in [0.1, 0.15) is 5.60 Å². The Bertz CT molecular complexity index is 367. The van der Waals surface area contributed by atoms with Gasteiger partial charge in [-0.3, -0.25) is 0 Å². The largest absolute Gasteiger partial charge is 0.467 e. The third-order valence-electron chi connectivity index (χ3n) is 2.68. The van der Waals surface area contributed by atoms with E-state index in [0.29, 0.717) is 0 Å². The van der Waals surface area contributed by atoms with Crippen molar-refractivity contribution < 1.29 is 28.6 Å². The van der Waals surface area contributed by atoms with Crippen LogP contribution in [0.3, 0.4) is 0 Å². The zero-order valence-electron chi connectivity index (χ0n) is 10.9. The summed E-state index contributed by atoms with van der Waals surface area (Å²) in [5.41, 5.74) is -4.82. The summed E-state index contributed by atoms with van der Waals surface area (Å²) in [6.45, 7) is 4.04. The number of methoxy groups -OCH3 is 1. The van der Waals surface area contributed by atoms with Crippen molar-refractivity contribution in [3.05, 3.63) is 0 Å². The van der Waals surface area contributed by atoms with E-state index in [-0.39, 0.29) is 6.42 Å². The van der Waals surface area contributed by atoms with Gasteiger partial charge in [-0.05, 0) is 20.8 Å². The second-order valence-electron chi connectivity index (χ2n) is 5.32. The molecule has 0 bridgehead atoms. The van der Waals surface area contributed by atoms with Crippen LogP contribution in [0.5, 0.6) is 0 Å². The lowest BCUT2D eigenvalue weighted by molar-refractivity contribution is -0.146. The Balaban J connectivity index is 2.78. The predicted octanol–water partition coefficient (Wildman–Crippen LogP) is 0.527. The highest BCUT2D eigenvalue weighted by atomic mass is 19.1. The molecule has 1 aliphatic rings. The summed E-state index contributed by atoms with van der Waals surface area (Å²) in [4.78, 5) is 23.1. The molecular formula is C11H18FNO5. The third kappa shape index (κ3) is 2.55. The highest BCUT2D eigenvalue weighted by molar-refractivity contribution is 5.91. The van der Waals surface area contributed by atoms with Crippen LogP contribution in [0.15, 0.2) is 0 Å². The molecule has 0 aliphatic heterocycles. The second-order valence-corrected chi connectivity index (χ2v) is 5.32. The first-order chi connectivity index (χ1) is 8.10. The molecule has 2 N–H and O–H groups in total. The molecule has 1 rings (SSSR count). The maximum Gasteiger partial charge on any atom is 0.408 e. The van der Waals surface area contributed by atoms with Crippen molar-refractivity contribution in [1.29, 1.82) is 0 Å². The van der Waals surface area contributed by atoms with Gasteiger partial charge in [0.25, 0.3) is 0 Å². The van der Waals surface area contributed by atoms with Gasteiger partial charge in [0.15, 0.2) is 11.2 Å². The van der Waals surface area contributed by atoms with E-state index in [1.165, 1.54) is 0 Å². The van der Waals surface area contributed by atoms with Crippen molar-refractivity contribution in [3.8, 4) is 0 Å². The molecule has 1 unspecified atom stereocenters. The van der Waals surface area contributed by atoms with E-state index < -0.39 is 35.5 Å². The standard InChI is InChI=1S/C11H18FNO5/c1-9(2,3)18-8(16)13-11(7(15)17-4)5-10(11,12)6-14/h14H,5-6H2,1-4H3,(H,13,16)/t10-,11?/m1/s1. The van der Waals surface area contributed by atoms with Crippen LogP contribution in [0.2, 0.25) is 0 Å². The normalized spacial score (nSPS) is 30.6. The number of halogens is 1. The molecule has 0 spiro atoms. The lowest BCUT2D eigenvalue weighted by Crippen LogP contribution is -2.51. The summed E-state index contributed by atoms with van der Waals surface area (Å²) in [5, 5.41) is 11.1. The first-order valence-corrected chi connectivity index (χ1v) is 5.49. The fraction of sp³-hybridized carbons (Fsp3) is 0.818. The topological polar surface area (TPSA) is 84.9 Å². The molecule has 0 heterocycles. The van der Waals surface area contributed by atoms with Gasteiger partial charge < -0.3 is 19.9 Å². The Labute approximate surface area is 104 Å². The molecule has 1 fully saturated rings. The van der Waals surface area contributed by atoms with Crippen LogP contribution >= 0.6 is 0 Å². The summed E-state index contributed by atoms with van der Waals surface area (Å²) in [7, 11) is 1.08. The fourth-order valence-electron chi connectivity index (χ4n) is 1.68. The number of amides is 1. The van der Waals surface area contributed by atoms with Gasteiger partial charge in [0, 0.05) is 6.42 Å². The second kappa shape index (κ2) is 4.38. The monoisotopic (exact) mass is 263 g/mol. The summed E-state index contributed by atoms with van der Waals surface area (Å²) >= 11 is 0. The summed E-state index contributed by atoms with van der Waals surface area (Å²) in [6.07, 6.45) is -1.26. The molecule has 0 aromatic rings. The first-order valence-electron chi connectivity index (χ1n) is 5.49. The minimum atomic E-state index is -2.20. The van der Waals surface area contributed by atoms with Crippen molar-refractivity contribution in [2.45, 2.75) is 44.0 Å².